The van der Waals surface area contributed by atoms with E-state index in [-0.39, 0.29) is 22.1 Å². The van der Waals surface area contributed by atoms with Gasteiger partial charge in [-0.3, -0.25) is 19.1 Å². The lowest BCUT2D eigenvalue weighted by Crippen LogP contribution is -2.25. The van der Waals surface area contributed by atoms with Crippen molar-refractivity contribution in [3.05, 3.63) is 91.1 Å². The molecule has 2 heterocycles. The Kier molecular flexibility index (Phi) is 5.87. The van der Waals surface area contributed by atoms with Gasteiger partial charge in [-0.25, -0.2) is 4.99 Å². The van der Waals surface area contributed by atoms with Gasteiger partial charge in [0.2, 0.25) is 11.8 Å². The third-order valence-corrected chi connectivity index (χ3v) is 5.51. The van der Waals surface area contributed by atoms with Crippen LogP contribution in [0.5, 0.6) is 5.88 Å². The van der Waals surface area contributed by atoms with E-state index in [9.17, 15) is 14.7 Å². The van der Waals surface area contributed by atoms with Crippen molar-refractivity contribution in [3.8, 4) is 11.6 Å². The maximum absolute atomic E-state index is 12.7. The number of nitrogens with zero attached hydrogens (tertiary/aromatic N) is 2. The second-order valence-electron chi connectivity index (χ2n) is 7.54. The number of fused-ring (bicyclic) bond motifs is 1. The highest BCUT2D eigenvalue weighted by atomic mass is 32.1. The lowest BCUT2D eigenvalue weighted by atomic mass is 10.1. The zero-order valence-corrected chi connectivity index (χ0v) is 18.5. The number of benzene rings is 2. The normalized spacial score (nSPS) is 13.7. The topological polar surface area (TPSA) is 99.5 Å². The van der Waals surface area contributed by atoms with Gasteiger partial charge in [-0.15, -0.1) is 0 Å². The molecular formula is C24H22N4O3S. The van der Waals surface area contributed by atoms with Crippen molar-refractivity contribution in [1.82, 2.24) is 14.9 Å². The Morgan fingerprint density at radius 2 is 1.94 bits per heavy atom. The first-order chi connectivity index (χ1) is 15.3. The molecule has 0 spiro atoms. The molecule has 32 heavy (non-hydrogen) atoms. The predicted octanol–water partition coefficient (Wildman–Crippen LogP) is 2.26. The molecule has 8 heteroatoms. The SMILES string of the molecule is CC(=O)NCCC1=c2ccccc2=NC1=Cc1c(O)n(-c2ccc(C)cc2)c(=S)[nH]c1=O. The molecule has 1 aromatic heterocycles. The molecular weight excluding hydrogens is 424 g/mol. The summed E-state index contributed by atoms with van der Waals surface area (Å²) in [7, 11) is 0. The number of H-pyrrole nitrogens is 1. The van der Waals surface area contributed by atoms with Crippen molar-refractivity contribution in [2.45, 2.75) is 20.3 Å². The molecule has 3 aromatic rings. The highest BCUT2D eigenvalue weighted by Gasteiger charge is 2.17. The lowest BCUT2D eigenvalue weighted by Gasteiger charge is -2.12. The second kappa shape index (κ2) is 8.76. The van der Waals surface area contributed by atoms with Gasteiger partial charge in [0.15, 0.2) is 4.77 Å². The molecule has 4 rings (SSSR count). The van der Waals surface area contributed by atoms with Gasteiger partial charge in [-0.2, -0.15) is 0 Å². The summed E-state index contributed by atoms with van der Waals surface area (Å²) in [5, 5.41) is 15.5. The summed E-state index contributed by atoms with van der Waals surface area (Å²) in [5.74, 6) is -0.379. The Hall–Kier alpha value is -3.78. The Balaban J connectivity index is 1.86. The summed E-state index contributed by atoms with van der Waals surface area (Å²) >= 11 is 5.30. The average molecular weight is 447 g/mol. The fourth-order valence-corrected chi connectivity index (χ4v) is 3.93. The van der Waals surface area contributed by atoms with Crippen molar-refractivity contribution < 1.29 is 9.90 Å². The van der Waals surface area contributed by atoms with Crippen LogP contribution in [0.3, 0.4) is 0 Å². The van der Waals surface area contributed by atoms with Crippen molar-refractivity contribution in [1.29, 1.82) is 0 Å². The highest BCUT2D eigenvalue weighted by Crippen LogP contribution is 2.25. The van der Waals surface area contributed by atoms with Crippen LogP contribution in [0.2, 0.25) is 0 Å². The number of aromatic amines is 1. The number of allylic oxidation sites excluding steroid dienone is 1. The molecule has 0 saturated heterocycles. The molecule has 0 aliphatic carbocycles. The number of carbonyl (C=O) groups excluding carboxylic acids is 1. The third kappa shape index (κ3) is 4.17. The van der Waals surface area contributed by atoms with E-state index in [4.69, 9.17) is 12.2 Å². The van der Waals surface area contributed by atoms with Gasteiger partial charge in [0.25, 0.3) is 5.56 Å². The minimum absolute atomic E-state index is 0.0581. The summed E-state index contributed by atoms with van der Waals surface area (Å²) < 4.78 is 1.52. The lowest BCUT2D eigenvalue weighted by molar-refractivity contribution is -0.118. The van der Waals surface area contributed by atoms with Crippen LogP contribution in [0.4, 0.5) is 0 Å². The first-order valence-corrected chi connectivity index (χ1v) is 10.5. The van der Waals surface area contributed by atoms with E-state index in [1.165, 1.54) is 11.5 Å². The smallest absolute Gasteiger partial charge is 0.262 e. The fourth-order valence-electron chi connectivity index (χ4n) is 3.65. The van der Waals surface area contributed by atoms with E-state index in [0.29, 0.717) is 24.4 Å². The quantitative estimate of drug-likeness (QED) is 0.524. The molecule has 1 aliphatic rings. The number of hydrogen-bond acceptors (Lipinski definition) is 5. The molecule has 3 N–H and O–H groups in total. The van der Waals surface area contributed by atoms with Crippen LogP contribution < -0.4 is 21.5 Å². The number of hydrogen-bond donors (Lipinski definition) is 3. The summed E-state index contributed by atoms with van der Waals surface area (Å²) in [5.41, 5.74) is 2.70. The van der Waals surface area contributed by atoms with Crippen molar-refractivity contribution in [2.75, 3.05) is 6.54 Å². The minimum atomic E-state index is -0.504. The molecule has 0 atom stereocenters. The molecule has 7 nitrogen and oxygen atoms in total. The molecule has 1 amide bonds. The molecule has 0 saturated carbocycles. The predicted molar refractivity (Wildman–Crippen MR) is 126 cm³/mol. The van der Waals surface area contributed by atoms with E-state index in [1.54, 1.807) is 6.08 Å². The summed E-state index contributed by atoms with van der Waals surface area (Å²) in [6.07, 6.45) is 2.10. The van der Waals surface area contributed by atoms with E-state index in [1.807, 2.05) is 55.5 Å². The number of aromatic nitrogens is 2. The molecule has 0 bridgehead atoms. The number of nitrogens with one attached hydrogen (secondary N) is 2. The molecule has 162 valence electrons. The summed E-state index contributed by atoms with van der Waals surface area (Å²) in [4.78, 5) is 31.3. The average Bonchev–Trinajstić information content (AvgIpc) is 3.09. The van der Waals surface area contributed by atoms with Gasteiger partial charge in [-0.05, 0) is 55.4 Å². The first kappa shape index (κ1) is 21.5. The monoisotopic (exact) mass is 446 g/mol. The van der Waals surface area contributed by atoms with Crippen molar-refractivity contribution >= 4 is 29.8 Å². The Morgan fingerprint density at radius 1 is 1.22 bits per heavy atom. The van der Waals surface area contributed by atoms with Crippen LogP contribution in [-0.2, 0) is 4.79 Å². The van der Waals surface area contributed by atoms with Crippen molar-refractivity contribution in [2.24, 2.45) is 4.99 Å². The summed E-state index contributed by atoms with van der Waals surface area (Å²) in [6.45, 7) is 3.86. The summed E-state index contributed by atoms with van der Waals surface area (Å²) in [6, 6.07) is 15.1. The Labute approximate surface area is 189 Å². The van der Waals surface area contributed by atoms with Crippen molar-refractivity contribution in [3.63, 3.8) is 0 Å². The van der Waals surface area contributed by atoms with E-state index in [0.717, 1.165) is 21.7 Å². The van der Waals surface area contributed by atoms with Gasteiger partial charge in [0, 0.05) is 18.7 Å². The zero-order chi connectivity index (χ0) is 22.8. The van der Waals surface area contributed by atoms with Crippen LogP contribution in [0.25, 0.3) is 17.3 Å². The maximum atomic E-state index is 12.7. The number of rotatable bonds is 5. The van der Waals surface area contributed by atoms with Gasteiger partial charge >= 0.3 is 0 Å². The number of para-hydroxylation sites is 1. The largest absolute Gasteiger partial charge is 0.494 e. The van der Waals surface area contributed by atoms with Crippen LogP contribution in [0.15, 0.2) is 64.0 Å². The molecule has 0 radical (unpaired) electrons. The zero-order valence-electron chi connectivity index (χ0n) is 17.7. The fraction of sp³-hybridized carbons (Fsp3) is 0.167. The van der Waals surface area contributed by atoms with Crippen LogP contribution in [-0.4, -0.2) is 27.1 Å². The first-order valence-electron chi connectivity index (χ1n) is 10.1. The third-order valence-electron chi connectivity index (χ3n) is 5.22. The number of aromatic hydroxyl groups is 1. The van der Waals surface area contributed by atoms with Gasteiger partial charge < -0.3 is 10.4 Å². The highest BCUT2D eigenvalue weighted by molar-refractivity contribution is 7.71. The Morgan fingerprint density at radius 3 is 2.66 bits per heavy atom. The van der Waals surface area contributed by atoms with Crippen LogP contribution in [0, 0.1) is 11.7 Å². The van der Waals surface area contributed by atoms with E-state index in [2.05, 4.69) is 15.3 Å². The van der Waals surface area contributed by atoms with Crippen LogP contribution in [0.1, 0.15) is 24.5 Å². The van der Waals surface area contributed by atoms with E-state index < -0.39 is 5.56 Å². The molecule has 0 fully saturated rings. The Bertz CT molecular complexity index is 1480. The number of carbonyl (C=O) groups is 1. The molecule has 2 aromatic carbocycles. The number of aryl methyl sites for hydroxylation is 1. The minimum Gasteiger partial charge on any atom is -0.494 e. The van der Waals surface area contributed by atoms with Gasteiger partial charge in [0.05, 0.1) is 16.7 Å². The van der Waals surface area contributed by atoms with Gasteiger partial charge in [0.1, 0.15) is 5.56 Å². The molecule has 0 unspecified atom stereocenters. The molecule has 1 aliphatic heterocycles. The maximum Gasteiger partial charge on any atom is 0.262 e. The second-order valence-corrected chi connectivity index (χ2v) is 7.92. The standard InChI is InChI=1S/C24H22N4O3S/c1-14-7-9-16(10-8-14)28-23(31)19(22(30)27-24(28)32)13-21-18(11-12-25-15(2)29)17-5-3-4-6-20(17)26-21/h3-10,13,31H,11-12H2,1-2H3,(H,25,29)(H,27,30,32). The van der Waals surface area contributed by atoms with E-state index >= 15 is 0 Å². The number of amides is 1. The van der Waals surface area contributed by atoms with Gasteiger partial charge in [-0.1, -0.05) is 35.9 Å². The van der Waals surface area contributed by atoms with Crippen LogP contribution >= 0.6 is 12.2 Å².